The number of aromatic nitrogens is 3. The van der Waals surface area contributed by atoms with Gasteiger partial charge in [-0.3, -0.25) is 4.79 Å². The predicted molar refractivity (Wildman–Crippen MR) is 104 cm³/mol. The van der Waals surface area contributed by atoms with Crippen LogP contribution in [0, 0.1) is 12.7 Å². The van der Waals surface area contributed by atoms with Crippen LogP contribution in [0.2, 0.25) is 0 Å². The molecule has 0 bridgehead atoms. The van der Waals surface area contributed by atoms with Crippen LogP contribution in [0.4, 0.5) is 13.2 Å². The molecule has 156 valence electrons. The van der Waals surface area contributed by atoms with Gasteiger partial charge in [-0.25, -0.2) is 13.2 Å². The van der Waals surface area contributed by atoms with Crippen molar-refractivity contribution in [1.82, 2.24) is 19.7 Å². The summed E-state index contributed by atoms with van der Waals surface area (Å²) in [6.45, 7) is 1.54. The van der Waals surface area contributed by atoms with Crippen LogP contribution in [-0.4, -0.2) is 38.0 Å². The Balaban J connectivity index is 1.59. The molecule has 2 heterocycles. The van der Waals surface area contributed by atoms with Gasteiger partial charge in [-0.1, -0.05) is 36.4 Å². The van der Waals surface area contributed by atoms with Crippen LogP contribution in [-0.2, 0) is 17.8 Å². The van der Waals surface area contributed by atoms with Gasteiger partial charge in [-0.2, -0.15) is 0 Å². The highest BCUT2D eigenvalue weighted by molar-refractivity contribution is 5.80. The third kappa shape index (κ3) is 4.22. The lowest BCUT2D eigenvalue weighted by atomic mass is 10.0. The number of halogens is 3. The Kier molecular flexibility index (Phi) is 5.32. The largest absolute Gasteiger partial charge is 0.326 e. The van der Waals surface area contributed by atoms with Gasteiger partial charge in [0, 0.05) is 6.42 Å². The van der Waals surface area contributed by atoms with Crippen molar-refractivity contribution in [3.63, 3.8) is 0 Å². The van der Waals surface area contributed by atoms with Gasteiger partial charge < -0.3 is 9.47 Å². The van der Waals surface area contributed by atoms with Crippen LogP contribution in [0.3, 0.4) is 0 Å². The van der Waals surface area contributed by atoms with E-state index in [4.69, 9.17) is 0 Å². The van der Waals surface area contributed by atoms with Crippen molar-refractivity contribution >= 4 is 5.91 Å². The summed E-state index contributed by atoms with van der Waals surface area (Å²) in [6.07, 6.45) is 0.985. The minimum absolute atomic E-state index is 0.0470. The Morgan fingerprint density at radius 1 is 1.17 bits per heavy atom. The fraction of sp³-hybridized carbons (Fsp3) is 0.318. The minimum atomic E-state index is -3.00. The van der Waals surface area contributed by atoms with Gasteiger partial charge >= 0.3 is 0 Å². The molecule has 1 amide bonds. The first-order valence-electron chi connectivity index (χ1n) is 9.66. The molecular formula is C22H21F3N4O. The van der Waals surface area contributed by atoms with Crippen molar-refractivity contribution in [1.29, 1.82) is 0 Å². The second kappa shape index (κ2) is 7.93. The Morgan fingerprint density at radius 3 is 2.63 bits per heavy atom. The quantitative estimate of drug-likeness (QED) is 0.636. The van der Waals surface area contributed by atoms with E-state index in [2.05, 4.69) is 10.2 Å². The van der Waals surface area contributed by atoms with Crippen LogP contribution in [0.15, 0.2) is 54.9 Å². The van der Waals surface area contributed by atoms with Crippen molar-refractivity contribution < 1.29 is 18.0 Å². The molecule has 0 N–H and O–H groups in total. The van der Waals surface area contributed by atoms with Crippen molar-refractivity contribution in [2.75, 3.05) is 6.54 Å². The molecule has 1 fully saturated rings. The maximum Gasteiger partial charge on any atom is 0.267 e. The minimum Gasteiger partial charge on any atom is -0.326 e. The summed E-state index contributed by atoms with van der Waals surface area (Å²) in [5.74, 6) is -3.43. The Bertz CT molecular complexity index is 1050. The zero-order chi connectivity index (χ0) is 21.3. The molecule has 0 unspecified atom stereocenters. The van der Waals surface area contributed by atoms with E-state index in [9.17, 15) is 18.0 Å². The lowest BCUT2D eigenvalue weighted by Crippen LogP contribution is -2.35. The van der Waals surface area contributed by atoms with E-state index in [1.165, 1.54) is 23.4 Å². The van der Waals surface area contributed by atoms with Gasteiger partial charge in [0.1, 0.15) is 12.1 Å². The average molecular weight is 414 g/mol. The topological polar surface area (TPSA) is 51.0 Å². The molecule has 2 aromatic carbocycles. The summed E-state index contributed by atoms with van der Waals surface area (Å²) in [6, 6.07) is 12.4. The molecule has 8 heteroatoms. The molecule has 1 aliphatic heterocycles. The molecule has 0 aliphatic carbocycles. The number of nitrogens with zero attached hydrogens (tertiary/aromatic N) is 4. The molecule has 1 atom stereocenters. The van der Waals surface area contributed by atoms with Crippen molar-refractivity contribution in [3.05, 3.63) is 83.2 Å². The highest BCUT2D eigenvalue weighted by atomic mass is 19.3. The lowest BCUT2D eigenvalue weighted by molar-refractivity contribution is -0.132. The number of hydrogen-bond acceptors (Lipinski definition) is 3. The first kappa shape index (κ1) is 20.1. The predicted octanol–water partition coefficient (Wildman–Crippen LogP) is 3.93. The van der Waals surface area contributed by atoms with Gasteiger partial charge in [-0.15, -0.1) is 10.2 Å². The third-order valence-corrected chi connectivity index (χ3v) is 5.40. The zero-order valence-corrected chi connectivity index (χ0v) is 16.4. The van der Waals surface area contributed by atoms with Gasteiger partial charge in [0.05, 0.1) is 25.6 Å². The lowest BCUT2D eigenvalue weighted by Gasteiger charge is -2.24. The number of amides is 1. The van der Waals surface area contributed by atoms with Crippen LogP contribution < -0.4 is 0 Å². The Morgan fingerprint density at radius 2 is 1.90 bits per heavy atom. The molecule has 0 radical (unpaired) electrons. The van der Waals surface area contributed by atoms with E-state index < -0.39 is 24.9 Å². The summed E-state index contributed by atoms with van der Waals surface area (Å²) in [5.41, 5.74) is 2.53. The molecule has 0 saturated carbocycles. The first-order valence-corrected chi connectivity index (χ1v) is 9.66. The molecule has 4 rings (SSSR count). The van der Waals surface area contributed by atoms with E-state index in [0.717, 1.165) is 16.7 Å². The number of carbonyl (C=O) groups is 1. The van der Waals surface area contributed by atoms with Crippen LogP contribution in [0.25, 0.3) is 0 Å². The molecule has 0 spiro atoms. The number of likely N-dealkylation sites (tertiary alicyclic amines) is 1. The summed E-state index contributed by atoms with van der Waals surface area (Å²) < 4.78 is 43.4. The SMILES string of the molecule is Cc1ccccc1CC(=O)N1CC(F)(F)C[C@H]1c1nncn1Cc1ccc(F)cc1. The number of hydrogen-bond donors (Lipinski definition) is 0. The Labute approximate surface area is 172 Å². The van der Waals surface area contributed by atoms with Gasteiger partial charge in [-0.05, 0) is 35.7 Å². The van der Waals surface area contributed by atoms with E-state index >= 15 is 0 Å². The second-order valence-electron chi connectivity index (χ2n) is 7.64. The molecule has 30 heavy (non-hydrogen) atoms. The summed E-state index contributed by atoms with van der Waals surface area (Å²) in [5, 5.41) is 7.92. The summed E-state index contributed by atoms with van der Waals surface area (Å²) in [7, 11) is 0. The molecule has 1 aliphatic rings. The molecule has 1 saturated heterocycles. The highest BCUT2D eigenvalue weighted by Gasteiger charge is 2.49. The van der Waals surface area contributed by atoms with Gasteiger partial charge in [0.15, 0.2) is 5.82 Å². The normalized spacial score (nSPS) is 18.0. The molecular weight excluding hydrogens is 393 g/mol. The van der Waals surface area contributed by atoms with E-state index in [1.54, 1.807) is 16.7 Å². The van der Waals surface area contributed by atoms with E-state index in [-0.39, 0.29) is 18.1 Å². The summed E-state index contributed by atoms with van der Waals surface area (Å²) in [4.78, 5) is 14.2. The third-order valence-electron chi connectivity index (χ3n) is 5.40. The number of benzene rings is 2. The molecule has 3 aromatic rings. The fourth-order valence-corrected chi connectivity index (χ4v) is 3.81. The van der Waals surface area contributed by atoms with E-state index in [1.807, 2.05) is 31.2 Å². The number of rotatable bonds is 5. The maximum atomic E-state index is 14.3. The van der Waals surface area contributed by atoms with E-state index in [0.29, 0.717) is 12.4 Å². The number of alkyl halides is 2. The standard InChI is InChI=1S/C22H21F3N4O/c1-15-4-2-3-5-17(15)10-20(30)29-13-22(24,25)11-19(29)21-27-26-14-28(21)12-16-6-8-18(23)9-7-16/h2-9,14,19H,10-13H2,1H3/t19-/m0/s1. The second-order valence-corrected chi connectivity index (χ2v) is 7.64. The zero-order valence-electron chi connectivity index (χ0n) is 16.4. The monoisotopic (exact) mass is 414 g/mol. The van der Waals surface area contributed by atoms with Gasteiger partial charge in [0.2, 0.25) is 5.91 Å². The molecule has 1 aromatic heterocycles. The fourth-order valence-electron chi connectivity index (χ4n) is 3.81. The average Bonchev–Trinajstić information content (AvgIpc) is 3.28. The number of carbonyl (C=O) groups excluding carboxylic acids is 1. The first-order chi connectivity index (χ1) is 14.3. The maximum absolute atomic E-state index is 14.3. The smallest absolute Gasteiger partial charge is 0.267 e. The van der Waals surface area contributed by atoms with Crippen molar-refractivity contribution in [2.45, 2.75) is 38.3 Å². The summed E-state index contributed by atoms with van der Waals surface area (Å²) >= 11 is 0. The highest BCUT2D eigenvalue weighted by Crippen LogP contribution is 2.40. The molecule has 5 nitrogen and oxygen atoms in total. The van der Waals surface area contributed by atoms with Crippen LogP contribution in [0.5, 0.6) is 0 Å². The van der Waals surface area contributed by atoms with Crippen molar-refractivity contribution in [3.8, 4) is 0 Å². The van der Waals surface area contributed by atoms with Crippen molar-refractivity contribution in [2.24, 2.45) is 0 Å². The Hall–Kier alpha value is -3.16. The van der Waals surface area contributed by atoms with Crippen LogP contribution >= 0.6 is 0 Å². The van der Waals surface area contributed by atoms with Crippen LogP contribution in [0.1, 0.15) is 35.0 Å². The van der Waals surface area contributed by atoms with Gasteiger partial charge in [0.25, 0.3) is 5.92 Å². The number of aryl methyl sites for hydroxylation is 1.